The Balaban J connectivity index is 2.18. The third-order valence-corrected chi connectivity index (χ3v) is 2.87. The smallest absolute Gasteiger partial charge is 0.257 e. The second-order valence-electron chi connectivity index (χ2n) is 4.31. The van der Waals surface area contributed by atoms with E-state index in [0.29, 0.717) is 13.1 Å². The van der Waals surface area contributed by atoms with Crippen molar-refractivity contribution >= 4 is 5.91 Å². The summed E-state index contributed by atoms with van der Waals surface area (Å²) in [5.74, 6) is -0.426. The van der Waals surface area contributed by atoms with Gasteiger partial charge in [-0.2, -0.15) is 0 Å². The Bertz CT molecular complexity index is 434. The summed E-state index contributed by atoms with van der Waals surface area (Å²) in [5.41, 5.74) is 0.233. The van der Waals surface area contributed by atoms with Crippen molar-refractivity contribution in [2.24, 2.45) is 0 Å². The van der Waals surface area contributed by atoms with Crippen LogP contribution in [0.3, 0.4) is 0 Å². The number of nitrogens with zero attached hydrogens (tertiary/aromatic N) is 1. The summed E-state index contributed by atoms with van der Waals surface area (Å²) in [6, 6.07) is 4.28. The van der Waals surface area contributed by atoms with Crippen molar-refractivity contribution in [1.29, 1.82) is 0 Å². The Labute approximate surface area is 99.7 Å². The lowest BCUT2D eigenvalue weighted by atomic mass is 10.1. The van der Waals surface area contributed by atoms with Gasteiger partial charge in [0, 0.05) is 31.7 Å². The Morgan fingerprint density at radius 3 is 2.88 bits per heavy atom. The molecule has 1 atom stereocenters. The molecule has 92 valence electrons. The minimum atomic E-state index is -0.198. The van der Waals surface area contributed by atoms with Crippen LogP contribution in [0.4, 0.5) is 0 Å². The van der Waals surface area contributed by atoms with Gasteiger partial charge in [0.25, 0.3) is 5.91 Å². The lowest BCUT2D eigenvalue weighted by Crippen LogP contribution is -2.51. The van der Waals surface area contributed by atoms with Gasteiger partial charge in [0.2, 0.25) is 0 Å². The van der Waals surface area contributed by atoms with E-state index < -0.39 is 0 Å². The van der Waals surface area contributed by atoms with E-state index in [1.807, 2.05) is 6.92 Å². The minimum absolute atomic E-state index is 0.0484. The summed E-state index contributed by atoms with van der Waals surface area (Å²) in [6.07, 6.45) is 0. The predicted molar refractivity (Wildman–Crippen MR) is 63.1 cm³/mol. The van der Waals surface area contributed by atoms with Crippen LogP contribution in [-0.2, 0) is 0 Å². The lowest BCUT2D eigenvalue weighted by Gasteiger charge is -2.32. The van der Waals surface area contributed by atoms with Crippen LogP contribution in [0.2, 0.25) is 0 Å². The first-order valence-corrected chi connectivity index (χ1v) is 5.62. The van der Waals surface area contributed by atoms with E-state index >= 15 is 0 Å². The average molecular weight is 236 g/mol. The van der Waals surface area contributed by atoms with Crippen molar-refractivity contribution in [2.45, 2.75) is 13.0 Å². The molecule has 3 N–H and O–H groups in total. The number of hydrogen-bond acceptors (Lipinski definition) is 4. The number of nitrogens with one attached hydrogen (secondary N) is 1. The van der Waals surface area contributed by atoms with Gasteiger partial charge in [-0.15, -0.1) is 0 Å². The molecule has 1 heterocycles. The summed E-state index contributed by atoms with van der Waals surface area (Å²) >= 11 is 0. The molecular weight excluding hydrogens is 220 g/mol. The number of amides is 1. The molecule has 1 amide bonds. The largest absolute Gasteiger partial charge is 0.508 e. The summed E-state index contributed by atoms with van der Waals surface area (Å²) < 4.78 is 0. The monoisotopic (exact) mass is 236 g/mol. The highest BCUT2D eigenvalue weighted by molar-refractivity contribution is 5.97. The highest BCUT2D eigenvalue weighted by atomic mass is 16.3. The minimum Gasteiger partial charge on any atom is -0.508 e. The topological polar surface area (TPSA) is 72.8 Å². The first-order chi connectivity index (χ1) is 8.08. The van der Waals surface area contributed by atoms with E-state index in [1.165, 1.54) is 18.2 Å². The first kappa shape index (κ1) is 11.7. The molecule has 5 heteroatoms. The SMILES string of the molecule is C[C@H]1CN(C(=O)c2ccc(O)cc2O)CCN1. The van der Waals surface area contributed by atoms with Gasteiger partial charge in [0.15, 0.2) is 0 Å². The number of rotatable bonds is 1. The van der Waals surface area contributed by atoms with E-state index in [1.54, 1.807) is 4.90 Å². The number of carbonyl (C=O) groups is 1. The van der Waals surface area contributed by atoms with Gasteiger partial charge in [-0.25, -0.2) is 0 Å². The average Bonchev–Trinajstić information content (AvgIpc) is 2.28. The highest BCUT2D eigenvalue weighted by Gasteiger charge is 2.23. The molecule has 0 aromatic heterocycles. The zero-order valence-electron chi connectivity index (χ0n) is 9.68. The van der Waals surface area contributed by atoms with Crippen molar-refractivity contribution in [3.63, 3.8) is 0 Å². The second-order valence-corrected chi connectivity index (χ2v) is 4.31. The van der Waals surface area contributed by atoms with Crippen LogP contribution in [0.25, 0.3) is 0 Å². The number of benzene rings is 1. The van der Waals surface area contributed by atoms with Gasteiger partial charge in [-0.1, -0.05) is 0 Å². The molecule has 0 bridgehead atoms. The first-order valence-electron chi connectivity index (χ1n) is 5.62. The molecule has 1 aromatic carbocycles. The second kappa shape index (κ2) is 4.63. The van der Waals surface area contributed by atoms with Crippen LogP contribution in [0.15, 0.2) is 18.2 Å². The third-order valence-electron chi connectivity index (χ3n) is 2.87. The Hall–Kier alpha value is -1.75. The molecule has 1 aromatic rings. The molecule has 5 nitrogen and oxygen atoms in total. The number of aromatic hydroxyl groups is 2. The number of phenols is 2. The van der Waals surface area contributed by atoms with Crippen LogP contribution in [0.5, 0.6) is 11.5 Å². The Morgan fingerprint density at radius 1 is 1.47 bits per heavy atom. The molecule has 0 spiro atoms. The lowest BCUT2D eigenvalue weighted by molar-refractivity contribution is 0.0706. The fourth-order valence-electron chi connectivity index (χ4n) is 1.99. The van der Waals surface area contributed by atoms with Crippen LogP contribution in [0.1, 0.15) is 17.3 Å². The van der Waals surface area contributed by atoms with Gasteiger partial charge in [-0.3, -0.25) is 4.79 Å². The summed E-state index contributed by atoms with van der Waals surface area (Å²) in [4.78, 5) is 13.8. The molecule has 1 saturated heterocycles. The van der Waals surface area contributed by atoms with Gasteiger partial charge < -0.3 is 20.4 Å². The van der Waals surface area contributed by atoms with Crippen molar-refractivity contribution in [1.82, 2.24) is 10.2 Å². The van der Waals surface area contributed by atoms with Gasteiger partial charge >= 0.3 is 0 Å². The van der Waals surface area contributed by atoms with Crippen LogP contribution in [-0.4, -0.2) is 46.7 Å². The molecule has 0 aliphatic carbocycles. The zero-order valence-corrected chi connectivity index (χ0v) is 9.68. The Kier molecular flexibility index (Phi) is 3.19. The van der Waals surface area contributed by atoms with Crippen molar-refractivity contribution in [3.8, 4) is 11.5 Å². The zero-order chi connectivity index (χ0) is 12.4. The maximum atomic E-state index is 12.1. The van der Waals surface area contributed by atoms with E-state index in [0.717, 1.165) is 6.54 Å². The van der Waals surface area contributed by atoms with E-state index in [4.69, 9.17) is 0 Å². The standard InChI is InChI=1S/C12H16N2O3/c1-8-7-14(5-4-13-8)12(17)10-3-2-9(15)6-11(10)16/h2-3,6,8,13,15-16H,4-5,7H2,1H3/t8-/m0/s1. The molecule has 1 aliphatic rings. The van der Waals surface area contributed by atoms with Crippen molar-refractivity contribution < 1.29 is 15.0 Å². The molecule has 2 rings (SSSR count). The summed E-state index contributed by atoms with van der Waals surface area (Å²) in [5, 5.41) is 22.1. The molecule has 0 radical (unpaired) electrons. The van der Waals surface area contributed by atoms with Gasteiger partial charge in [-0.05, 0) is 19.1 Å². The molecule has 0 saturated carbocycles. The number of hydrogen-bond donors (Lipinski definition) is 3. The van der Waals surface area contributed by atoms with E-state index in [-0.39, 0.29) is 29.0 Å². The Morgan fingerprint density at radius 2 is 2.24 bits per heavy atom. The van der Waals surface area contributed by atoms with Crippen LogP contribution >= 0.6 is 0 Å². The van der Waals surface area contributed by atoms with Crippen molar-refractivity contribution in [3.05, 3.63) is 23.8 Å². The van der Waals surface area contributed by atoms with E-state index in [2.05, 4.69) is 5.32 Å². The molecule has 17 heavy (non-hydrogen) atoms. The molecular formula is C12H16N2O3. The maximum Gasteiger partial charge on any atom is 0.257 e. The third kappa shape index (κ3) is 2.50. The number of piperazine rings is 1. The maximum absolute atomic E-state index is 12.1. The summed E-state index contributed by atoms with van der Waals surface area (Å²) in [7, 11) is 0. The molecule has 1 aliphatic heterocycles. The fraction of sp³-hybridized carbons (Fsp3) is 0.417. The quantitative estimate of drug-likeness (QED) is 0.665. The predicted octanol–water partition coefficient (Wildman–Crippen LogP) is 0.532. The summed E-state index contributed by atoms with van der Waals surface area (Å²) in [6.45, 7) is 4.02. The van der Waals surface area contributed by atoms with E-state index in [9.17, 15) is 15.0 Å². The van der Waals surface area contributed by atoms with Gasteiger partial charge in [0.1, 0.15) is 11.5 Å². The van der Waals surface area contributed by atoms with Crippen LogP contribution in [0, 0.1) is 0 Å². The molecule has 0 unspecified atom stereocenters. The highest BCUT2D eigenvalue weighted by Crippen LogP contribution is 2.24. The molecule has 1 fully saturated rings. The number of phenolic OH excluding ortho intramolecular Hbond substituents is 2. The number of carbonyl (C=O) groups excluding carboxylic acids is 1. The van der Waals surface area contributed by atoms with Crippen LogP contribution < -0.4 is 5.32 Å². The van der Waals surface area contributed by atoms with Crippen molar-refractivity contribution in [2.75, 3.05) is 19.6 Å². The van der Waals surface area contributed by atoms with Gasteiger partial charge in [0.05, 0.1) is 5.56 Å². The normalized spacial score (nSPS) is 20.3. The fourth-order valence-corrected chi connectivity index (χ4v) is 1.99.